The van der Waals surface area contributed by atoms with E-state index in [0.717, 1.165) is 27.4 Å². The van der Waals surface area contributed by atoms with Crippen LogP contribution < -0.4 is 5.32 Å². The number of hydrogen-bond donors (Lipinski definition) is 1. The number of nitrogens with one attached hydrogen (secondary N) is 1. The number of benzene rings is 2. The summed E-state index contributed by atoms with van der Waals surface area (Å²) in [6.07, 6.45) is 1.11. The summed E-state index contributed by atoms with van der Waals surface area (Å²) in [6.45, 7) is 3.80. The first-order valence-corrected chi connectivity index (χ1v) is 10.4. The van der Waals surface area contributed by atoms with Gasteiger partial charge in [-0.25, -0.2) is 8.42 Å². The maximum absolute atomic E-state index is 12.3. The van der Waals surface area contributed by atoms with E-state index in [9.17, 15) is 13.2 Å². The van der Waals surface area contributed by atoms with E-state index < -0.39 is 10.0 Å². The monoisotopic (exact) mass is 424 g/mol. The van der Waals surface area contributed by atoms with Crippen LogP contribution in [0.2, 0.25) is 0 Å². The minimum absolute atomic E-state index is 0.159. The summed E-state index contributed by atoms with van der Waals surface area (Å²) in [5.41, 5.74) is 3.55. The van der Waals surface area contributed by atoms with Gasteiger partial charge in [-0.05, 0) is 43.2 Å². The van der Waals surface area contributed by atoms with Crippen LogP contribution in [-0.4, -0.2) is 31.4 Å². The molecule has 0 heterocycles. The SMILES string of the molecule is Cc1ccc(CN(CC(=O)Nc2ccc(Br)c(C)c2)S(C)(=O)=O)cc1. The highest BCUT2D eigenvalue weighted by Gasteiger charge is 2.20. The van der Waals surface area contributed by atoms with Gasteiger partial charge < -0.3 is 5.32 Å². The highest BCUT2D eigenvalue weighted by molar-refractivity contribution is 9.10. The Morgan fingerprint density at radius 2 is 1.76 bits per heavy atom. The zero-order valence-corrected chi connectivity index (χ0v) is 16.8. The lowest BCUT2D eigenvalue weighted by Crippen LogP contribution is -2.36. The van der Waals surface area contributed by atoms with Crippen molar-refractivity contribution in [3.8, 4) is 0 Å². The van der Waals surface area contributed by atoms with Crippen molar-refractivity contribution in [2.24, 2.45) is 0 Å². The molecule has 0 atom stereocenters. The van der Waals surface area contributed by atoms with Crippen molar-refractivity contribution in [1.29, 1.82) is 0 Å². The smallest absolute Gasteiger partial charge is 0.239 e. The maximum atomic E-state index is 12.3. The molecule has 5 nitrogen and oxygen atoms in total. The fourth-order valence-electron chi connectivity index (χ4n) is 2.27. The molecular formula is C18H21BrN2O3S. The Labute approximate surface area is 157 Å². The van der Waals surface area contributed by atoms with Crippen LogP contribution in [0.4, 0.5) is 5.69 Å². The molecule has 25 heavy (non-hydrogen) atoms. The molecule has 0 saturated carbocycles. The van der Waals surface area contributed by atoms with E-state index in [1.54, 1.807) is 6.07 Å². The quantitative estimate of drug-likeness (QED) is 0.771. The van der Waals surface area contributed by atoms with Gasteiger partial charge in [0, 0.05) is 16.7 Å². The van der Waals surface area contributed by atoms with E-state index >= 15 is 0 Å². The Kier molecular flexibility index (Phi) is 6.37. The maximum Gasteiger partial charge on any atom is 0.239 e. The molecule has 0 spiro atoms. The average molecular weight is 425 g/mol. The lowest BCUT2D eigenvalue weighted by molar-refractivity contribution is -0.116. The largest absolute Gasteiger partial charge is 0.325 e. The molecule has 2 aromatic rings. The summed E-state index contributed by atoms with van der Waals surface area (Å²) in [4.78, 5) is 12.3. The number of rotatable bonds is 6. The first kappa shape index (κ1) is 19.6. The molecule has 0 aliphatic carbocycles. The number of sulfonamides is 1. The third-order valence-electron chi connectivity index (χ3n) is 3.71. The predicted molar refractivity (Wildman–Crippen MR) is 104 cm³/mol. The Balaban J connectivity index is 2.09. The molecule has 0 saturated heterocycles. The van der Waals surface area contributed by atoms with Crippen LogP contribution in [0.1, 0.15) is 16.7 Å². The molecule has 0 aromatic heterocycles. The number of amides is 1. The van der Waals surface area contributed by atoms with Crippen molar-refractivity contribution in [1.82, 2.24) is 4.31 Å². The second kappa shape index (κ2) is 8.12. The topological polar surface area (TPSA) is 66.5 Å². The van der Waals surface area contributed by atoms with Crippen LogP contribution in [0.5, 0.6) is 0 Å². The van der Waals surface area contributed by atoms with Crippen LogP contribution in [0.25, 0.3) is 0 Å². The number of nitrogens with zero attached hydrogens (tertiary/aromatic N) is 1. The van der Waals surface area contributed by atoms with Crippen LogP contribution in [0.3, 0.4) is 0 Å². The van der Waals surface area contributed by atoms with Crippen LogP contribution in [0.15, 0.2) is 46.9 Å². The van der Waals surface area contributed by atoms with Gasteiger partial charge in [0.05, 0.1) is 12.8 Å². The van der Waals surface area contributed by atoms with Crippen LogP contribution in [0, 0.1) is 13.8 Å². The molecule has 1 amide bonds. The fourth-order valence-corrected chi connectivity index (χ4v) is 3.25. The second-order valence-corrected chi connectivity index (χ2v) is 8.87. The van der Waals surface area contributed by atoms with E-state index in [-0.39, 0.29) is 19.0 Å². The molecular weight excluding hydrogens is 404 g/mol. The van der Waals surface area contributed by atoms with Gasteiger partial charge in [-0.2, -0.15) is 4.31 Å². The number of anilines is 1. The standard InChI is InChI=1S/C18H21BrN2O3S/c1-13-4-6-15(7-5-13)11-21(25(3,23)24)12-18(22)20-16-8-9-17(19)14(2)10-16/h4-10H,11-12H2,1-3H3,(H,20,22). The van der Waals surface area contributed by atoms with E-state index in [2.05, 4.69) is 21.2 Å². The first-order valence-electron chi connectivity index (χ1n) is 7.72. The molecule has 0 unspecified atom stereocenters. The van der Waals surface area contributed by atoms with Crippen LogP contribution in [-0.2, 0) is 21.4 Å². The van der Waals surface area contributed by atoms with Gasteiger partial charge in [-0.3, -0.25) is 4.79 Å². The molecule has 2 rings (SSSR count). The Morgan fingerprint density at radius 3 is 2.32 bits per heavy atom. The summed E-state index contributed by atoms with van der Waals surface area (Å²) in [6, 6.07) is 13.0. The summed E-state index contributed by atoms with van der Waals surface area (Å²) in [7, 11) is -3.51. The van der Waals surface area contributed by atoms with Crippen molar-refractivity contribution < 1.29 is 13.2 Å². The molecule has 0 bridgehead atoms. The van der Waals surface area contributed by atoms with Gasteiger partial charge in [-0.15, -0.1) is 0 Å². The Morgan fingerprint density at radius 1 is 1.12 bits per heavy atom. The third kappa shape index (κ3) is 5.95. The van der Waals surface area contributed by atoms with E-state index in [4.69, 9.17) is 0 Å². The molecule has 1 N–H and O–H groups in total. The van der Waals surface area contributed by atoms with Crippen LogP contribution >= 0.6 is 15.9 Å². The summed E-state index contributed by atoms with van der Waals surface area (Å²) in [5, 5.41) is 2.74. The first-order chi connectivity index (χ1) is 11.6. The fraction of sp³-hybridized carbons (Fsp3) is 0.278. The highest BCUT2D eigenvalue weighted by atomic mass is 79.9. The minimum atomic E-state index is -3.51. The van der Waals surface area contributed by atoms with E-state index in [1.165, 1.54) is 4.31 Å². The van der Waals surface area contributed by atoms with E-state index in [0.29, 0.717) is 5.69 Å². The number of carbonyl (C=O) groups excluding carboxylic acids is 1. The zero-order chi connectivity index (χ0) is 18.6. The zero-order valence-electron chi connectivity index (χ0n) is 14.4. The lowest BCUT2D eigenvalue weighted by Gasteiger charge is -2.20. The van der Waals surface area contributed by atoms with Gasteiger partial charge >= 0.3 is 0 Å². The number of aryl methyl sites for hydroxylation is 2. The summed E-state index contributed by atoms with van der Waals surface area (Å²) < 4.78 is 26.2. The van der Waals surface area contributed by atoms with Crippen molar-refractivity contribution >= 4 is 37.5 Å². The van der Waals surface area contributed by atoms with Crippen molar-refractivity contribution in [3.05, 3.63) is 63.6 Å². The van der Waals surface area contributed by atoms with Gasteiger partial charge in [0.25, 0.3) is 0 Å². The molecule has 0 fully saturated rings. The molecule has 7 heteroatoms. The molecule has 0 aliphatic rings. The normalized spacial score (nSPS) is 11.6. The molecule has 134 valence electrons. The summed E-state index contributed by atoms with van der Waals surface area (Å²) in [5.74, 6) is -0.376. The second-order valence-electron chi connectivity index (χ2n) is 6.03. The number of carbonyl (C=O) groups is 1. The minimum Gasteiger partial charge on any atom is -0.325 e. The molecule has 2 aromatic carbocycles. The number of hydrogen-bond acceptors (Lipinski definition) is 3. The molecule has 0 aliphatic heterocycles. The molecule has 0 radical (unpaired) electrons. The third-order valence-corrected chi connectivity index (χ3v) is 5.80. The summed E-state index contributed by atoms with van der Waals surface area (Å²) >= 11 is 3.40. The Hall–Kier alpha value is -1.70. The van der Waals surface area contributed by atoms with Gasteiger partial charge in [0.1, 0.15) is 0 Å². The average Bonchev–Trinajstić information content (AvgIpc) is 2.51. The van der Waals surface area contributed by atoms with Crippen molar-refractivity contribution in [3.63, 3.8) is 0 Å². The van der Waals surface area contributed by atoms with Crippen molar-refractivity contribution in [2.75, 3.05) is 18.1 Å². The van der Waals surface area contributed by atoms with Gasteiger partial charge in [-0.1, -0.05) is 45.8 Å². The van der Waals surface area contributed by atoms with Gasteiger partial charge in [0.15, 0.2) is 0 Å². The predicted octanol–water partition coefficient (Wildman–Crippen LogP) is 3.47. The lowest BCUT2D eigenvalue weighted by atomic mass is 10.1. The van der Waals surface area contributed by atoms with Crippen molar-refractivity contribution in [2.45, 2.75) is 20.4 Å². The highest BCUT2D eigenvalue weighted by Crippen LogP contribution is 2.20. The van der Waals surface area contributed by atoms with E-state index in [1.807, 2.05) is 50.2 Å². The van der Waals surface area contributed by atoms with Gasteiger partial charge in [0.2, 0.25) is 15.9 Å². The number of halogens is 1. The Bertz CT molecular complexity index is 864.